The van der Waals surface area contributed by atoms with Crippen LogP contribution in [0.15, 0.2) is 12.1 Å². The summed E-state index contributed by atoms with van der Waals surface area (Å²) in [5.74, 6) is 0.232. The van der Waals surface area contributed by atoms with E-state index in [0.29, 0.717) is 21.9 Å². The average molecular weight is 244 g/mol. The minimum atomic E-state index is -0.194. The molecule has 1 rings (SSSR count). The van der Waals surface area contributed by atoms with Gasteiger partial charge in [-0.15, -0.1) is 0 Å². The zero-order valence-electron chi connectivity index (χ0n) is 9.25. The highest BCUT2D eigenvalue weighted by Gasteiger charge is 2.17. The molecular weight excluding hydrogens is 230 g/mol. The maximum atomic E-state index is 11.7. The van der Waals surface area contributed by atoms with Gasteiger partial charge >= 0.3 is 0 Å². The zero-order chi connectivity index (χ0) is 12.1. The fraction of sp³-hybridized carbons (Fsp3) is 0.364. The molecule has 0 aromatic heterocycles. The van der Waals surface area contributed by atoms with E-state index in [1.54, 1.807) is 19.2 Å². The van der Waals surface area contributed by atoms with Gasteiger partial charge < -0.3 is 15.2 Å². The molecule has 0 aliphatic carbocycles. The molecule has 1 aromatic carbocycles. The van der Waals surface area contributed by atoms with Crippen molar-refractivity contribution in [2.45, 2.75) is 6.61 Å². The Bertz CT molecular complexity index is 393. The van der Waals surface area contributed by atoms with Crippen LogP contribution >= 0.6 is 11.6 Å². The predicted molar refractivity (Wildman–Crippen MR) is 62.1 cm³/mol. The summed E-state index contributed by atoms with van der Waals surface area (Å²) < 4.78 is 10.1. The standard InChI is InChI=1S/C11H14ClNO3/c1-15-6-7-3-8(12)4-10(16-2)11(7)9(14)5-13/h3-4H,5-6,13H2,1-2H3. The molecule has 0 saturated carbocycles. The molecule has 1 aromatic rings. The number of rotatable bonds is 5. The van der Waals surface area contributed by atoms with Crippen molar-refractivity contribution in [3.8, 4) is 5.75 Å². The van der Waals surface area contributed by atoms with E-state index < -0.39 is 0 Å². The number of benzene rings is 1. The van der Waals surface area contributed by atoms with Crippen LogP contribution in [0.2, 0.25) is 5.02 Å². The average Bonchev–Trinajstić information content (AvgIpc) is 2.27. The third kappa shape index (κ3) is 2.72. The minimum absolute atomic E-state index is 0.0747. The molecular formula is C11H14ClNO3. The van der Waals surface area contributed by atoms with Crippen LogP contribution in [-0.2, 0) is 11.3 Å². The Morgan fingerprint density at radius 1 is 1.44 bits per heavy atom. The number of ketones is 1. The van der Waals surface area contributed by atoms with Crippen molar-refractivity contribution >= 4 is 17.4 Å². The Kier molecular flexibility index (Phi) is 4.73. The molecule has 0 spiro atoms. The van der Waals surface area contributed by atoms with Crippen LogP contribution in [0.3, 0.4) is 0 Å². The second-order valence-electron chi connectivity index (χ2n) is 3.20. The topological polar surface area (TPSA) is 61.5 Å². The lowest BCUT2D eigenvalue weighted by Crippen LogP contribution is -2.17. The Morgan fingerprint density at radius 2 is 2.12 bits per heavy atom. The summed E-state index contributed by atoms with van der Waals surface area (Å²) in [6.07, 6.45) is 0. The first kappa shape index (κ1) is 13.0. The van der Waals surface area contributed by atoms with E-state index in [1.165, 1.54) is 7.11 Å². The van der Waals surface area contributed by atoms with Crippen LogP contribution in [0, 0.1) is 0 Å². The zero-order valence-corrected chi connectivity index (χ0v) is 10.0. The van der Waals surface area contributed by atoms with Crippen molar-refractivity contribution < 1.29 is 14.3 Å². The molecule has 0 aliphatic heterocycles. The fourth-order valence-electron chi connectivity index (χ4n) is 1.48. The summed E-state index contributed by atoms with van der Waals surface area (Å²) in [5, 5.41) is 0.498. The Morgan fingerprint density at radius 3 is 2.62 bits per heavy atom. The van der Waals surface area contributed by atoms with Crippen molar-refractivity contribution in [3.63, 3.8) is 0 Å². The van der Waals surface area contributed by atoms with Crippen LogP contribution in [0.4, 0.5) is 0 Å². The Labute approximate surface area is 99.3 Å². The normalized spacial score (nSPS) is 10.2. The number of carbonyl (C=O) groups is 1. The highest BCUT2D eigenvalue weighted by molar-refractivity contribution is 6.31. The molecule has 5 heteroatoms. The number of halogens is 1. The Hall–Kier alpha value is -1.10. The first-order chi connectivity index (χ1) is 7.63. The lowest BCUT2D eigenvalue weighted by Gasteiger charge is -2.12. The summed E-state index contributed by atoms with van der Waals surface area (Å²) in [6.45, 7) is 0.215. The molecule has 2 N–H and O–H groups in total. The third-order valence-electron chi connectivity index (χ3n) is 2.13. The van der Waals surface area contributed by atoms with Crippen molar-refractivity contribution in [2.24, 2.45) is 5.73 Å². The molecule has 0 saturated heterocycles. The second-order valence-corrected chi connectivity index (χ2v) is 3.64. The highest BCUT2D eigenvalue weighted by atomic mass is 35.5. The first-order valence-corrected chi connectivity index (χ1v) is 5.10. The van der Waals surface area contributed by atoms with Gasteiger partial charge in [0, 0.05) is 12.1 Å². The van der Waals surface area contributed by atoms with E-state index in [0.717, 1.165) is 0 Å². The first-order valence-electron chi connectivity index (χ1n) is 4.72. The molecule has 0 bridgehead atoms. The Balaban J connectivity index is 3.32. The van der Waals surface area contributed by atoms with Crippen LogP contribution in [0.1, 0.15) is 15.9 Å². The summed E-state index contributed by atoms with van der Waals surface area (Å²) in [6, 6.07) is 3.26. The number of ether oxygens (including phenoxy) is 2. The van der Waals surface area contributed by atoms with Gasteiger partial charge in [-0.1, -0.05) is 11.6 Å². The van der Waals surface area contributed by atoms with Gasteiger partial charge in [0.05, 0.1) is 25.8 Å². The predicted octanol–water partition coefficient (Wildman–Crippen LogP) is 1.64. The largest absolute Gasteiger partial charge is 0.496 e. The maximum Gasteiger partial charge on any atom is 0.180 e. The highest BCUT2D eigenvalue weighted by Crippen LogP contribution is 2.28. The summed E-state index contributed by atoms with van der Waals surface area (Å²) in [4.78, 5) is 11.7. The van der Waals surface area contributed by atoms with Gasteiger partial charge in [-0.3, -0.25) is 4.79 Å². The van der Waals surface area contributed by atoms with Crippen LogP contribution in [0.25, 0.3) is 0 Å². The molecule has 0 unspecified atom stereocenters. The smallest absolute Gasteiger partial charge is 0.180 e. The van der Waals surface area contributed by atoms with E-state index in [4.69, 9.17) is 26.8 Å². The van der Waals surface area contributed by atoms with E-state index in [-0.39, 0.29) is 18.9 Å². The van der Waals surface area contributed by atoms with Crippen LogP contribution < -0.4 is 10.5 Å². The van der Waals surface area contributed by atoms with Gasteiger partial charge in [0.1, 0.15) is 5.75 Å². The van der Waals surface area contributed by atoms with Crippen molar-refractivity contribution in [3.05, 3.63) is 28.3 Å². The van der Waals surface area contributed by atoms with Gasteiger partial charge in [-0.05, 0) is 17.7 Å². The van der Waals surface area contributed by atoms with Crippen molar-refractivity contribution in [1.29, 1.82) is 0 Å². The maximum absolute atomic E-state index is 11.7. The monoisotopic (exact) mass is 243 g/mol. The number of nitrogens with two attached hydrogens (primary N) is 1. The summed E-state index contributed by atoms with van der Waals surface area (Å²) in [5.41, 5.74) is 6.48. The van der Waals surface area contributed by atoms with Crippen LogP contribution in [-0.4, -0.2) is 26.5 Å². The number of Topliss-reactive ketones (excluding diaryl/α,β-unsaturated/α-hetero) is 1. The quantitative estimate of drug-likeness (QED) is 0.799. The number of carbonyl (C=O) groups excluding carboxylic acids is 1. The third-order valence-corrected chi connectivity index (χ3v) is 2.35. The van der Waals surface area contributed by atoms with Gasteiger partial charge in [0.25, 0.3) is 0 Å². The van der Waals surface area contributed by atoms with Gasteiger partial charge in [0.2, 0.25) is 0 Å². The second kappa shape index (κ2) is 5.84. The van der Waals surface area contributed by atoms with Crippen molar-refractivity contribution in [1.82, 2.24) is 0 Å². The molecule has 0 fully saturated rings. The molecule has 0 atom stereocenters. The SMILES string of the molecule is COCc1cc(Cl)cc(OC)c1C(=O)CN. The van der Waals surface area contributed by atoms with E-state index in [9.17, 15) is 4.79 Å². The lowest BCUT2D eigenvalue weighted by molar-refractivity contribution is 0.0993. The van der Waals surface area contributed by atoms with Crippen molar-refractivity contribution in [2.75, 3.05) is 20.8 Å². The van der Waals surface area contributed by atoms with Gasteiger partial charge in [0.15, 0.2) is 5.78 Å². The van der Waals surface area contributed by atoms with E-state index >= 15 is 0 Å². The minimum Gasteiger partial charge on any atom is -0.496 e. The molecule has 4 nitrogen and oxygen atoms in total. The van der Waals surface area contributed by atoms with Gasteiger partial charge in [-0.2, -0.15) is 0 Å². The molecule has 0 aliphatic rings. The molecule has 0 heterocycles. The molecule has 0 amide bonds. The number of methoxy groups -OCH3 is 2. The van der Waals surface area contributed by atoms with Gasteiger partial charge in [-0.25, -0.2) is 0 Å². The molecule has 88 valence electrons. The summed E-state index contributed by atoms with van der Waals surface area (Å²) in [7, 11) is 3.03. The number of hydrogen-bond donors (Lipinski definition) is 1. The van der Waals surface area contributed by atoms with E-state index in [2.05, 4.69) is 0 Å². The summed E-state index contributed by atoms with van der Waals surface area (Å²) >= 11 is 5.91. The van der Waals surface area contributed by atoms with E-state index in [1.807, 2.05) is 0 Å². The van der Waals surface area contributed by atoms with Crippen LogP contribution in [0.5, 0.6) is 5.75 Å². The molecule has 16 heavy (non-hydrogen) atoms. The fourth-order valence-corrected chi connectivity index (χ4v) is 1.72. The molecule has 0 radical (unpaired) electrons. The number of hydrogen-bond acceptors (Lipinski definition) is 4. The lowest BCUT2D eigenvalue weighted by atomic mass is 10.0.